The number of likely N-dealkylation sites (tertiary alicyclic amines) is 1. The van der Waals surface area contributed by atoms with Crippen molar-refractivity contribution >= 4 is 5.91 Å². The molecule has 0 radical (unpaired) electrons. The van der Waals surface area contributed by atoms with Crippen LogP contribution in [-0.2, 0) is 17.8 Å². The van der Waals surface area contributed by atoms with Gasteiger partial charge in [0.2, 0.25) is 5.91 Å². The molecule has 0 unspecified atom stereocenters. The predicted molar refractivity (Wildman–Crippen MR) is 133 cm³/mol. The van der Waals surface area contributed by atoms with Crippen molar-refractivity contribution in [3.63, 3.8) is 0 Å². The fourth-order valence-corrected chi connectivity index (χ4v) is 4.85. The molecule has 1 aliphatic heterocycles. The van der Waals surface area contributed by atoms with Crippen LogP contribution in [0.2, 0.25) is 0 Å². The number of hydrogen-bond acceptors (Lipinski definition) is 4. The van der Waals surface area contributed by atoms with Gasteiger partial charge in [0.05, 0.1) is 11.1 Å². The fourth-order valence-electron chi connectivity index (χ4n) is 4.85. The van der Waals surface area contributed by atoms with E-state index in [2.05, 4.69) is 56.6 Å². The molecule has 1 aromatic carbocycles. The number of aryl methyl sites for hydroxylation is 1. The molecular formula is C28H34N4O. The molecule has 1 fully saturated rings. The third-order valence-corrected chi connectivity index (χ3v) is 6.40. The first-order valence-corrected chi connectivity index (χ1v) is 11.9. The van der Waals surface area contributed by atoms with Gasteiger partial charge in [-0.1, -0.05) is 30.3 Å². The maximum atomic E-state index is 13.5. The Morgan fingerprint density at radius 2 is 1.79 bits per heavy atom. The highest BCUT2D eigenvalue weighted by Crippen LogP contribution is 2.35. The van der Waals surface area contributed by atoms with Crippen LogP contribution in [0.3, 0.4) is 0 Å². The summed E-state index contributed by atoms with van der Waals surface area (Å²) in [4.78, 5) is 24.7. The summed E-state index contributed by atoms with van der Waals surface area (Å²) >= 11 is 0. The molecule has 1 atom stereocenters. The van der Waals surface area contributed by atoms with Crippen LogP contribution in [0, 0.1) is 12.3 Å². The predicted octanol–water partition coefficient (Wildman–Crippen LogP) is 4.80. The zero-order chi connectivity index (χ0) is 23.3. The van der Waals surface area contributed by atoms with Gasteiger partial charge in [-0.15, -0.1) is 0 Å². The number of rotatable bonds is 7. The van der Waals surface area contributed by atoms with Crippen LogP contribution in [0.25, 0.3) is 11.1 Å². The number of nitrogens with one attached hydrogen (secondary N) is 1. The first-order valence-electron chi connectivity index (χ1n) is 11.9. The van der Waals surface area contributed by atoms with E-state index in [0.29, 0.717) is 0 Å². The van der Waals surface area contributed by atoms with Gasteiger partial charge in [-0.3, -0.25) is 19.7 Å². The van der Waals surface area contributed by atoms with Crippen LogP contribution in [0.5, 0.6) is 0 Å². The molecule has 0 bridgehead atoms. The van der Waals surface area contributed by atoms with Crippen molar-refractivity contribution in [2.24, 2.45) is 5.41 Å². The lowest BCUT2D eigenvalue weighted by Gasteiger charge is -2.42. The molecule has 0 aliphatic carbocycles. The summed E-state index contributed by atoms with van der Waals surface area (Å²) in [5, 5.41) is 3.22. The first-order chi connectivity index (χ1) is 15.9. The lowest BCUT2D eigenvalue weighted by atomic mass is 9.74. The van der Waals surface area contributed by atoms with Crippen molar-refractivity contribution in [1.29, 1.82) is 0 Å². The summed E-state index contributed by atoms with van der Waals surface area (Å²) in [6.07, 6.45) is 6.27. The maximum Gasteiger partial charge on any atom is 0.228 e. The Kier molecular flexibility index (Phi) is 7.19. The minimum atomic E-state index is -0.440. The van der Waals surface area contributed by atoms with Crippen molar-refractivity contribution in [2.75, 3.05) is 13.1 Å². The highest BCUT2D eigenvalue weighted by atomic mass is 16.2. The second kappa shape index (κ2) is 10.3. The summed E-state index contributed by atoms with van der Waals surface area (Å²) in [7, 11) is 0. The molecule has 3 aromatic rings. The summed E-state index contributed by atoms with van der Waals surface area (Å²) in [6, 6.07) is 19.0. The Morgan fingerprint density at radius 1 is 1.06 bits per heavy atom. The number of carbonyl (C=O) groups is 1. The van der Waals surface area contributed by atoms with Gasteiger partial charge in [0.1, 0.15) is 0 Å². The lowest BCUT2D eigenvalue weighted by Crippen LogP contribution is -2.54. The molecule has 1 saturated heterocycles. The number of piperidine rings is 1. The highest BCUT2D eigenvalue weighted by molar-refractivity contribution is 5.83. The molecule has 5 nitrogen and oxygen atoms in total. The average Bonchev–Trinajstić information content (AvgIpc) is 2.80. The summed E-state index contributed by atoms with van der Waals surface area (Å²) in [6.45, 7) is 8.61. The topological polar surface area (TPSA) is 58.1 Å². The maximum absolute atomic E-state index is 13.5. The third kappa shape index (κ3) is 5.85. The lowest BCUT2D eigenvalue weighted by molar-refractivity contribution is -0.135. The number of benzene rings is 1. The Bertz CT molecular complexity index is 1060. The van der Waals surface area contributed by atoms with E-state index in [0.717, 1.165) is 61.4 Å². The molecule has 3 heterocycles. The molecule has 1 N–H and O–H groups in total. The summed E-state index contributed by atoms with van der Waals surface area (Å²) < 4.78 is 0. The van der Waals surface area contributed by atoms with Crippen molar-refractivity contribution in [3.8, 4) is 11.1 Å². The minimum Gasteiger partial charge on any atom is -0.353 e. The van der Waals surface area contributed by atoms with Gasteiger partial charge in [0, 0.05) is 37.2 Å². The molecular weight excluding hydrogens is 408 g/mol. The van der Waals surface area contributed by atoms with Crippen LogP contribution in [0.15, 0.2) is 67.0 Å². The van der Waals surface area contributed by atoms with E-state index in [9.17, 15) is 4.79 Å². The van der Waals surface area contributed by atoms with Crippen LogP contribution in [-0.4, -0.2) is 39.9 Å². The van der Waals surface area contributed by atoms with Crippen molar-refractivity contribution in [3.05, 3.63) is 83.9 Å². The number of carbonyl (C=O) groups excluding carboxylic acids is 1. The fraction of sp³-hybridized carbons (Fsp3) is 0.393. The molecule has 0 saturated carbocycles. The van der Waals surface area contributed by atoms with Gasteiger partial charge in [0.15, 0.2) is 0 Å². The van der Waals surface area contributed by atoms with E-state index in [1.807, 2.05) is 51.4 Å². The Labute approximate surface area is 197 Å². The van der Waals surface area contributed by atoms with Crippen molar-refractivity contribution in [1.82, 2.24) is 20.2 Å². The standard InChI is InChI=1S/C28H34N4O/c1-21(2)30-27(33)28(14-5-17-32(20-28)19-26-7-4-6-22(3)31-26)18-23-8-10-24(11-9-23)25-12-15-29-16-13-25/h4,6-13,15-16,21H,5,14,17-20H2,1-3H3,(H,30,33)/t28-/m1/s1. The van der Waals surface area contributed by atoms with Crippen LogP contribution in [0.4, 0.5) is 0 Å². The SMILES string of the molecule is Cc1cccc(CN2CCC[C@](Cc3ccc(-c4ccncc4)cc3)(C(=O)NC(C)C)C2)n1. The zero-order valence-corrected chi connectivity index (χ0v) is 19.9. The van der Waals surface area contributed by atoms with Crippen molar-refractivity contribution in [2.45, 2.75) is 52.6 Å². The molecule has 0 spiro atoms. The molecule has 2 aromatic heterocycles. The second-order valence-corrected chi connectivity index (χ2v) is 9.60. The van der Waals surface area contributed by atoms with E-state index < -0.39 is 5.41 Å². The van der Waals surface area contributed by atoms with Gasteiger partial charge in [-0.2, -0.15) is 0 Å². The third-order valence-electron chi connectivity index (χ3n) is 6.40. The molecule has 33 heavy (non-hydrogen) atoms. The van der Waals surface area contributed by atoms with E-state index in [1.54, 1.807) is 0 Å². The normalized spacial score (nSPS) is 18.9. The smallest absolute Gasteiger partial charge is 0.228 e. The Morgan fingerprint density at radius 3 is 2.48 bits per heavy atom. The molecule has 4 rings (SSSR count). The Hall–Kier alpha value is -3.05. The van der Waals surface area contributed by atoms with Gasteiger partial charge in [-0.05, 0) is 87.5 Å². The largest absolute Gasteiger partial charge is 0.353 e. The van der Waals surface area contributed by atoms with Crippen molar-refractivity contribution < 1.29 is 4.79 Å². The molecule has 5 heteroatoms. The van der Waals surface area contributed by atoms with Gasteiger partial charge in [-0.25, -0.2) is 0 Å². The Balaban J connectivity index is 1.55. The van der Waals surface area contributed by atoms with E-state index >= 15 is 0 Å². The molecule has 1 amide bonds. The molecule has 172 valence electrons. The summed E-state index contributed by atoms with van der Waals surface area (Å²) in [5.41, 5.74) is 5.17. The quantitative estimate of drug-likeness (QED) is 0.571. The van der Waals surface area contributed by atoms with Gasteiger partial charge in [0.25, 0.3) is 0 Å². The van der Waals surface area contributed by atoms with E-state index in [4.69, 9.17) is 0 Å². The number of pyridine rings is 2. The minimum absolute atomic E-state index is 0.122. The number of amides is 1. The number of nitrogens with zero attached hydrogens (tertiary/aromatic N) is 3. The molecule has 1 aliphatic rings. The highest BCUT2D eigenvalue weighted by Gasteiger charge is 2.42. The average molecular weight is 443 g/mol. The first kappa shape index (κ1) is 23.1. The number of hydrogen-bond donors (Lipinski definition) is 1. The zero-order valence-electron chi connectivity index (χ0n) is 19.9. The monoisotopic (exact) mass is 442 g/mol. The van der Waals surface area contributed by atoms with E-state index in [-0.39, 0.29) is 11.9 Å². The number of aromatic nitrogens is 2. The van der Waals surface area contributed by atoms with Gasteiger partial charge >= 0.3 is 0 Å². The summed E-state index contributed by atoms with van der Waals surface area (Å²) in [5.74, 6) is 0.164. The van der Waals surface area contributed by atoms with Gasteiger partial charge < -0.3 is 5.32 Å². The van der Waals surface area contributed by atoms with Crippen LogP contribution >= 0.6 is 0 Å². The second-order valence-electron chi connectivity index (χ2n) is 9.60. The van der Waals surface area contributed by atoms with E-state index in [1.165, 1.54) is 5.56 Å². The van der Waals surface area contributed by atoms with Crippen LogP contribution in [0.1, 0.15) is 43.6 Å². The van der Waals surface area contributed by atoms with Crippen LogP contribution < -0.4 is 5.32 Å².